The highest BCUT2D eigenvalue weighted by Crippen LogP contribution is 2.50. The topological polar surface area (TPSA) is 12.4 Å². The molecule has 1 rings (SSSR count). The maximum absolute atomic E-state index is 4.79. The molecule has 22 heavy (non-hydrogen) atoms. The molecule has 0 N–H and O–H groups in total. The second kappa shape index (κ2) is 8.13. The van der Waals surface area contributed by atoms with Crippen molar-refractivity contribution in [2.75, 3.05) is 0 Å². The Kier molecular flexibility index (Phi) is 7.09. The molecule has 3 unspecified atom stereocenters. The van der Waals surface area contributed by atoms with Gasteiger partial charge in [0, 0.05) is 11.9 Å². The van der Waals surface area contributed by atoms with Crippen molar-refractivity contribution < 1.29 is 0 Å². The Labute approximate surface area is 139 Å². The van der Waals surface area contributed by atoms with Gasteiger partial charge in [-0.05, 0) is 68.8 Å². The molecular formula is C21H37N. The van der Waals surface area contributed by atoms with Crippen LogP contribution in [0.2, 0.25) is 0 Å². The predicted molar refractivity (Wildman–Crippen MR) is 100 cm³/mol. The molecule has 0 spiro atoms. The van der Waals surface area contributed by atoms with Gasteiger partial charge in [0.2, 0.25) is 0 Å². The van der Waals surface area contributed by atoms with E-state index in [0.717, 1.165) is 30.1 Å². The van der Waals surface area contributed by atoms with E-state index < -0.39 is 0 Å². The highest BCUT2D eigenvalue weighted by molar-refractivity contribution is 5.99. The van der Waals surface area contributed by atoms with Crippen LogP contribution in [0.5, 0.6) is 0 Å². The SMILES string of the molecule is CC\C(C)=C/N=C(C)\C(=C(/C)C1C(C)C(C)C1C)C(C)CC. The summed E-state index contributed by atoms with van der Waals surface area (Å²) in [5.41, 5.74) is 5.67. The summed E-state index contributed by atoms with van der Waals surface area (Å²) in [6.45, 7) is 20.8. The molecule has 1 fully saturated rings. The lowest BCUT2D eigenvalue weighted by Gasteiger charge is -2.49. The van der Waals surface area contributed by atoms with Gasteiger partial charge in [0.25, 0.3) is 0 Å². The zero-order valence-electron chi connectivity index (χ0n) is 16.3. The predicted octanol–water partition coefficient (Wildman–Crippen LogP) is 6.66. The fourth-order valence-electron chi connectivity index (χ4n) is 4.04. The molecule has 0 heterocycles. The minimum Gasteiger partial charge on any atom is -0.261 e. The first kappa shape index (κ1) is 19.2. The summed E-state index contributed by atoms with van der Waals surface area (Å²) in [6, 6.07) is 0. The highest BCUT2D eigenvalue weighted by atomic mass is 14.7. The van der Waals surface area contributed by atoms with E-state index in [4.69, 9.17) is 4.99 Å². The van der Waals surface area contributed by atoms with Gasteiger partial charge < -0.3 is 0 Å². The van der Waals surface area contributed by atoms with Crippen molar-refractivity contribution in [1.82, 2.24) is 0 Å². The lowest BCUT2D eigenvalue weighted by atomic mass is 9.55. The summed E-state index contributed by atoms with van der Waals surface area (Å²) in [7, 11) is 0. The Balaban J connectivity index is 3.20. The average Bonchev–Trinajstić information content (AvgIpc) is 2.52. The summed E-state index contributed by atoms with van der Waals surface area (Å²) in [6.07, 6.45) is 4.31. The second-order valence-electron chi connectivity index (χ2n) is 7.55. The van der Waals surface area contributed by atoms with E-state index in [1.807, 2.05) is 0 Å². The summed E-state index contributed by atoms with van der Waals surface area (Å²) in [5.74, 6) is 3.77. The molecule has 1 aliphatic rings. The number of rotatable bonds is 6. The number of allylic oxidation sites excluding steroid dienone is 3. The van der Waals surface area contributed by atoms with Crippen molar-refractivity contribution in [3.63, 3.8) is 0 Å². The third kappa shape index (κ3) is 3.91. The van der Waals surface area contributed by atoms with Crippen molar-refractivity contribution in [2.45, 2.75) is 75.2 Å². The van der Waals surface area contributed by atoms with Crippen LogP contribution < -0.4 is 0 Å². The largest absolute Gasteiger partial charge is 0.261 e. The summed E-state index contributed by atoms with van der Waals surface area (Å²) < 4.78 is 0. The molecule has 1 aliphatic carbocycles. The van der Waals surface area contributed by atoms with E-state index in [1.165, 1.54) is 23.3 Å². The molecule has 1 nitrogen and oxygen atoms in total. The first-order valence-electron chi connectivity index (χ1n) is 9.17. The molecule has 0 aromatic carbocycles. The number of hydrogen-bond donors (Lipinski definition) is 0. The van der Waals surface area contributed by atoms with Crippen molar-refractivity contribution >= 4 is 5.71 Å². The van der Waals surface area contributed by atoms with Crippen LogP contribution in [-0.2, 0) is 0 Å². The van der Waals surface area contributed by atoms with Crippen molar-refractivity contribution in [3.8, 4) is 0 Å². The maximum Gasteiger partial charge on any atom is 0.0406 e. The maximum atomic E-state index is 4.79. The molecule has 1 saturated carbocycles. The van der Waals surface area contributed by atoms with Gasteiger partial charge in [-0.3, -0.25) is 4.99 Å². The minimum absolute atomic E-state index is 0.592. The van der Waals surface area contributed by atoms with E-state index in [-0.39, 0.29) is 0 Å². The van der Waals surface area contributed by atoms with Gasteiger partial charge >= 0.3 is 0 Å². The Bertz CT molecular complexity index is 456. The van der Waals surface area contributed by atoms with E-state index in [1.54, 1.807) is 5.57 Å². The Morgan fingerprint density at radius 3 is 2.00 bits per heavy atom. The minimum atomic E-state index is 0.592. The zero-order chi connectivity index (χ0) is 17.0. The van der Waals surface area contributed by atoms with Gasteiger partial charge in [-0.25, -0.2) is 0 Å². The quantitative estimate of drug-likeness (QED) is 0.486. The van der Waals surface area contributed by atoms with Gasteiger partial charge in [0.05, 0.1) is 0 Å². The van der Waals surface area contributed by atoms with Crippen LogP contribution in [0.25, 0.3) is 0 Å². The number of hydrogen-bond acceptors (Lipinski definition) is 1. The zero-order valence-corrected chi connectivity index (χ0v) is 16.3. The van der Waals surface area contributed by atoms with Crippen LogP contribution in [0.4, 0.5) is 0 Å². The molecule has 0 aromatic heterocycles. The van der Waals surface area contributed by atoms with Gasteiger partial charge in [-0.2, -0.15) is 0 Å². The van der Waals surface area contributed by atoms with Crippen LogP contribution in [0.15, 0.2) is 27.9 Å². The normalized spacial score (nSPS) is 32.4. The lowest BCUT2D eigenvalue weighted by molar-refractivity contribution is 0.0425. The molecule has 1 heteroatoms. The van der Waals surface area contributed by atoms with Gasteiger partial charge in [-0.1, -0.05) is 52.7 Å². The molecule has 0 radical (unpaired) electrons. The fraction of sp³-hybridized carbons (Fsp3) is 0.762. The van der Waals surface area contributed by atoms with Gasteiger partial charge in [0.15, 0.2) is 0 Å². The van der Waals surface area contributed by atoms with Crippen LogP contribution in [0.1, 0.15) is 75.2 Å². The molecule has 126 valence electrons. The van der Waals surface area contributed by atoms with Crippen LogP contribution in [0, 0.1) is 29.6 Å². The Morgan fingerprint density at radius 1 is 1.00 bits per heavy atom. The van der Waals surface area contributed by atoms with Crippen LogP contribution >= 0.6 is 0 Å². The van der Waals surface area contributed by atoms with Crippen molar-refractivity contribution in [3.05, 3.63) is 22.9 Å². The lowest BCUT2D eigenvalue weighted by Crippen LogP contribution is -2.43. The van der Waals surface area contributed by atoms with E-state index in [0.29, 0.717) is 5.92 Å². The van der Waals surface area contributed by atoms with E-state index >= 15 is 0 Å². The molecule has 0 aliphatic heterocycles. The Morgan fingerprint density at radius 2 is 1.55 bits per heavy atom. The second-order valence-corrected chi connectivity index (χ2v) is 7.55. The van der Waals surface area contributed by atoms with E-state index in [9.17, 15) is 0 Å². The first-order valence-corrected chi connectivity index (χ1v) is 9.17. The van der Waals surface area contributed by atoms with Crippen LogP contribution in [-0.4, -0.2) is 5.71 Å². The standard InChI is InChI=1S/C21H37N/c1-10-13(3)12-22-19(9)20(14(4)11-2)18(8)21-16(6)15(5)17(21)7/h12,14-17,21H,10-11H2,1-9H3/b13-12-,20-18+,22-19-. The average molecular weight is 304 g/mol. The van der Waals surface area contributed by atoms with Crippen molar-refractivity contribution in [2.24, 2.45) is 34.6 Å². The summed E-state index contributed by atoms with van der Waals surface area (Å²) in [4.78, 5) is 4.79. The monoisotopic (exact) mass is 303 g/mol. The molecule has 0 aromatic rings. The van der Waals surface area contributed by atoms with E-state index in [2.05, 4.69) is 68.5 Å². The summed E-state index contributed by atoms with van der Waals surface area (Å²) >= 11 is 0. The highest BCUT2D eigenvalue weighted by Gasteiger charge is 2.43. The number of aliphatic imine (C=N–C) groups is 1. The molecule has 3 atom stereocenters. The third-order valence-corrected chi connectivity index (χ3v) is 6.25. The van der Waals surface area contributed by atoms with Gasteiger partial charge in [-0.15, -0.1) is 0 Å². The molecule has 0 bridgehead atoms. The van der Waals surface area contributed by atoms with Gasteiger partial charge in [0.1, 0.15) is 0 Å². The van der Waals surface area contributed by atoms with Crippen molar-refractivity contribution in [1.29, 1.82) is 0 Å². The Hall–Kier alpha value is -0.850. The van der Waals surface area contributed by atoms with Crippen LogP contribution in [0.3, 0.4) is 0 Å². The summed E-state index contributed by atoms with van der Waals surface area (Å²) in [5, 5.41) is 0. The first-order chi connectivity index (χ1) is 10.3. The fourth-order valence-corrected chi connectivity index (χ4v) is 4.04. The third-order valence-electron chi connectivity index (χ3n) is 6.25. The molecule has 0 amide bonds. The molecule has 0 saturated heterocycles. The molecular weight excluding hydrogens is 266 g/mol. The number of nitrogens with zero attached hydrogens (tertiary/aromatic N) is 1. The smallest absolute Gasteiger partial charge is 0.0406 e.